The van der Waals surface area contributed by atoms with E-state index in [2.05, 4.69) is 31.1 Å². The highest BCUT2D eigenvalue weighted by atomic mass is 79.9. The van der Waals surface area contributed by atoms with E-state index in [0.29, 0.717) is 41.7 Å². The third-order valence-electron chi connectivity index (χ3n) is 4.05. The van der Waals surface area contributed by atoms with Crippen LogP contribution in [-0.4, -0.2) is 32.1 Å². The zero-order valence-corrected chi connectivity index (χ0v) is 15.4. The number of ether oxygens (including phenoxy) is 1. The van der Waals surface area contributed by atoms with Gasteiger partial charge in [0.2, 0.25) is 0 Å². The number of para-hydroxylation sites is 1. The molecule has 0 saturated heterocycles. The van der Waals surface area contributed by atoms with Gasteiger partial charge in [-0.1, -0.05) is 18.2 Å². The highest BCUT2D eigenvalue weighted by Gasteiger charge is 2.17. The second kappa shape index (κ2) is 7.21. The molecule has 1 aliphatic heterocycles. The van der Waals surface area contributed by atoms with Crippen LogP contribution in [0.5, 0.6) is 5.75 Å². The number of halogens is 1. The molecule has 0 spiro atoms. The number of ketones is 1. The van der Waals surface area contributed by atoms with Gasteiger partial charge in [0.05, 0.1) is 16.5 Å². The molecule has 0 atom stereocenters. The Kier molecular flexibility index (Phi) is 4.62. The molecule has 2 bridgehead atoms. The molecule has 1 aliphatic rings. The Labute approximate surface area is 158 Å². The molecule has 0 amide bonds. The molecule has 0 fully saturated rings. The maximum absolute atomic E-state index is 12.8. The second-order valence-electron chi connectivity index (χ2n) is 5.82. The van der Waals surface area contributed by atoms with Crippen molar-refractivity contribution in [3.8, 4) is 17.3 Å². The van der Waals surface area contributed by atoms with Gasteiger partial charge in [0, 0.05) is 12.2 Å². The zero-order valence-electron chi connectivity index (χ0n) is 13.8. The van der Waals surface area contributed by atoms with Gasteiger partial charge in [-0.15, -0.1) is 10.2 Å². The molecule has 0 saturated carbocycles. The van der Waals surface area contributed by atoms with Gasteiger partial charge in [-0.3, -0.25) is 4.79 Å². The van der Waals surface area contributed by atoms with Crippen LogP contribution in [0.3, 0.4) is 0 Å². The van der Waals surface area contributed by atoms with Crippen LogP contribution in [0.1, 0.15) is 16.1 Å². The predicted octanol–water partition coefficient (Wildman–Crippen LogP) is 3.48. The van der Waals surface area contributed by atoms with Crippen molar-refractivity contribution in [3.63, 3.8) is 0 Å². The summed E-state index contributed by atoms with van der Waals surface area (Å²) in [7, 11) is 0. The predicted molar refractivity (Wildman–Crippen MR) is 100 cm³/mol. The molecule has 0 N–H and O–H groups in total. The van der Waals surface area contributed by atoms with Crippen molar-refractivity contribution in [1.29, 1.82) is 0 Å². The van der Waals surface area contributed by atoms with Crippen molar-refractivity contribution in [2.24, 2.45) is 0 Å². The third-order valence-corrected chi connectivity index (χ3v) is 4.68. The minimum absolute atomic E-state index is 0.0477. The summed E-state index contributed by atoms with van der Waals surface area (Å²) in [5, 5.41) is 8.14. The topological polar surface area (TPSA) is 69.9 Å². The lowest BCUT2D eigenvalue weighted by molar-refractivity contribution is 0.0988. The monoisotopic (exact) mass is 410 g/mol. The van der Waals surface area contributed by atoms with Crippen molar-refractivity contribution in [2.75, 3.05) is 6.61 Å². The Hall–Kier alpha value is -2.80. The van der Waals surface area contributed by atoms with Gasteiger partial charge >= 0.3 is 0 Å². The van der Waals surface area contributed by atoms with E-state index in [9.17, 15) is 4.79 Å². The van der Waals surface area contributed by atoms with Crippen LogP contribution in [0, 0.1) is 0 Å². The van der Waals surface area contributed by atoms with E-state index < -0.39 is 0 Å². The number of aromatic nitrogens is 4. The van der Waals surface area contributed by atoms with E-state index in [0.717, 1.165) is 4.47 Å². The van der Waals surface area contributed by atoms with E-state index in [1.54, 1.807) is 12.4 Å². The van der Waals surface area contributed by atoms with Gasteiger partial charge in [0.25, 0.3) is 0 Å². The number of allylic oxidation sites excluding steroid dienone is 1. The number of fused-ring (bicyclic) bond motifs is 5. The normalized spacial score (nSPS) is 15.3. The first-order valence-electron chi connectivity index (χ1n) is 8.16. The van der Waals surface area contributed by atoms with Crippen molar-refractivity contribution in [2.45, 2.75) is 13.0 Å². The summed E-state index contributed by atoms with van der Waals surface area (Å²) in [5.41, 5.74) is 1.92. The van der Waals surface area contributed by atoms with E-state index in [4.69, 9.17) is 4.74 Å². The lowest BCUT2D eigenvalue weighted by Crippen LogP contribution is -2.10. The second-order valence-corrected chi connectivity index (χ2v) is 6.67. The summed E-state index contributed by atoms with van der Waals surface area (Å²) >= 11 is 3.47. The number of carbonyl (C=O) groups excluding carboxylic acids is 1. The molecule has 4 rings (SSSR count). The third kappa shape index (κ3) is 3.30. The average Bonchev–Trinajstić information content (AvgIpc) is 3.10. The Morgan fingerprint density at radius 1 is 1.12 bits per heavy atom. The summed E-state index contributed by atoms with van der Waals surface area (Å²) in [4.78, 5) is 17.4. The molecule has 0 aliphatic carbocycles. The van der Waals surface area contributed by atoms with Crippen LogP contribution in [0.4, 0.5) is 0 Å². The number of nitrogens with zero attached hydrogens (tertiary/aromatic N) is 4. The number of Topliss-reactive ketones (excluding diaryl/α,β-unsaturated/α-hetero) is 1. The molecule has 26 heavy (non-hydrogen) atoms. The van der Waals surface area contributed by atoms with Gasteiger partial charge < -0.3 is 9.30 Å². The number of benzene rings is 1. The fourth-order valence-electron chi connectivity index (χ4n) is 2.81. The average molecular weight is 411 g/mol. The molecule has 0 unspecified atom stereocenters. The summed E-state index contributed by atoms with van der Waals surface area (Å²) in [6.07, 6.45) is 5.73. The molecular formula is C19H15BrN4O2. The molecule has 6 nitrogen and oxygen atoms in total. The summed E-state index contributed by atoms with van der Waals surface area (Å²) in [5.74, 6) is 1.18. The number of carbonyl (C=O) groups is 1. The molecular weight excluding hydrogens is 396 g/mol. The SMILES string of the molecule is O=C1Cc2cccc(n2)-c2nncn2C/C=C\COc2c(Br)cccc21. The highest BCUT2D eigenvalue weighted by molar-refractivity contribution is 9.10. The Morgan fingerprint density at radius 2 is 2.00 bits per heavy atom. The molecule has 0 radical (unpaired) electrons. The number of pyridine rings is 1. The van der Waals surface area contributed by atoms with Gasteiger partial charge in [-0.05, 0) is 46.3 Å². The Morgan fingerprint density at radius 3 is 2.92 bits per heavy atom. The zero-order chi connectivity index (χ0) is 17.9. The van der Waals surface area contributed by atoms with E-state index in [1.807, 2.05) is 47.1 Å². The number of rotatable bonds is 0. The van der Waals surface area contributed by atoms with Crippen LogP contribution in [0.25, 0.3) is 11.5 Å². The minimum Gasteiger partial charge on any atom is -0.488 e. The lowest BCUT2D eigenvalue weighted by atomic mass is 10.0. The molecule has 1 aromatic carbocycles. The summed E-state index contributed by atoms with van der Waals surface area (Å²) in [6.45, 7) is 0.975. The fourth-order valence-corrected chi connectivity index (χ4v) is 3.29. The van der Waals surface area contributed by atoms with Gasteiger partial charge in [-0.2, -0.15) is 0 Å². The first kappa shape index (κ1) is 16.7. The van der Waals surface area contributed by atoms with Crippen LogP contribution >= 0.6 is 15.9 Å². The Bertz CT molecular complexity index is 997. The van der Waals surface area contributed by atoms with Crippen LogP contribution < -0.4 is 4.74 Å². The molecule has 3 aromatic rings. The maximum Gasteiger partial charge on any atom is 0.182 e. The molecule has 2 aromatic heterocycles. The van der Waals surface area contributed by atoms with Crippen molar-refractivity contribution in [1.82, 2.24) is 19.7 Å². The molecule has 130 valence electrons. The van der Waals surface area contributed by atoms with Crippen LogP contribution in [0.2, 0.25) is 0 Å². The lowest BCUT2D eigenvalue weighted by Gasteiger charge is -2.12. The molecule has 7 heteroatoms. The Balaban J connectivity index is 1.79. The van der Waals surface area contributed by atoms with Gasteiger partial charge in [0.1, 0.15) is 24.4 Å². The van der Waals surface area contributed by atoms with E-state index in [1.165, 1.54) is 0 Å². The van der Waals surface area contributed by atoms with Gasteiger partial charge in [-0.25, -0.2) is 4.98 Å². The van der Waals surface area contributed by atoms with Gasteiger partial charge in [0.15, 0.2) is 11.6 Å². The standard InChI is InChI=1S/C19H15BrN4O2/c20-15-7-4-6-14-17(25)11-13-5-3-8-16(22-13)19-23-21-12-24(19)9-1-2-10-26-18(14)15/h1-8,12H,9-11H2/b2-1-. The number of hydrogen-bond acceptors (Lipinski definition) is 5. The van der Waals surface area contributed by atoms with Crippen molar-refractivity contribution < 1.29 is 9.53 Å². The fraction of sp³-hybridized carbons (Fsp3) is 0.158. The maximum atomic E-state index is 12.8. The smallest absolute Gasteiger partial charge is 0.182 e. The highest BCUT2D eigenvalue weighted by Crippen LogP contribution is 2.30. The van der Waals surface area contributed by atoms with Crippen molar-refractivity contribution in [3.05, 3.63) is 70.6 Å². The van der Waals surface area contributed by atoms with Crippen LogP contribution in [-0.2, 0) is 13.0 Å². The summed E-state index contributed by atoms with van der Waals surface area (Å²) < 4.78 is 8.50. The first-order chi connectivity index (χ1) is 12.7. The van der Waals surface area contributed by atoms with Crippen LogP contribution in [0.15, 0.2) is 59.4 Å². The van der Waals surface area contributed by atoms with E-state index in [-0.39, 0.29) is 12.2 Å². The van der Waals surface area contributed by atoms with Crippen molar-refractivity contribution >= 4 is 21.7 Å². The number of hydrogen-bond donors (Lipinski definition) is 0. The largest absolute Gasteiger partial charge is 0.488 e. The minimum atomic E-state index is -0.0477. The summed E-state index contributed by atoms with van der Waals surface area (Å²) in [6, 6.07) is 11.1. The van der Waals surface area contributed by atoms with E-state index >= 15 is 0 Å². The molecule has 3 heterocycles. The quantitative estimate of drug-likeness (QED) is 0.530. The first-order valence-corrected chi connectivity index (χ1v) is 8.95.